The van der Waals surface area contributed by atoms with E-state index in [0.717, 1.165) is 5.56 Å². The van der Waals surface area contributed by atoms with Gasteiger partial charge in [0.1, 0.15) is 17.1 Å². The molecule has 2 rings (SSSR count). The van der Waals surface area contributed by atoms with Gasteiger partial charge in [-0.15, -0.1) is 0 Å². The number of halogens is 1. The first-order valence-electron chi connectivity index (χ1n) is 6.57. The van der Waals surface area contributed by atoms with Crippen LogP contribution in [0.2, 0.25) is 0 Å². The largest absolute Gasteiger partial charge is 0.496 e. The second-order valence-electron chi connectivity index (χ2n) is 4.56. The summed E-state index contributed by atoms with van der Waals surface area (Å²) >= 11 is 0. The number of amides is 1. The zero-order valence-corrected chi connectivity index (χ0v) is 11.7. The van der Waals surface area contributed by atoms with Crippen molar-refractivity contribution >= 4 is 11.6 Å². The van der Waals surface area contributed by atoms with E-state index in [2.05, 4.69) is 5.32 Å². The minimum Gasteiger partial charge on any atom is -0.496 e. The molecule has 110 valence electrons. The second kappa shape index (κ2) is 6.74. The number of anilines is 1. The van der Waals surface area contributed by atoms with Crippen LogP contribution >= 0.6 is 0 Å². The van der Waals surface area contributed by atoms with Crippen LogP contribution in [0.3, 0.4) is 0 Å². The van der Waals surface area contributed by atoms with Crippen LogP contribution in [-0.2, 0) is 6.42 Å². The number of methoxy groups -OCH3 is 1. The Hall–Kier alpha value is -2.56. The molecule has 0 aliphatic carbocycles. The molecule has 4 nitrogen and oxygen atoms in total. The van der Waals surface area contributed by atoms with Gasteiger partial charge in [0.15, 0.2) is 0 Å². The van der Waals surface area contributed by atoms with Gasteiger partial charge in [0.05, 0.1) is 7.11 Å². The van der Waals surface area contributed by atoms with Crippen molar-refractivity contribution in [3.8, 4) is 5.75 Å². The molecule has 5 heteroatoms. The van der Waals surface area contributed by atoms with Gasteiger partial charge in [-0.2, -0.15) is 0 Å². The second-order valence-corrected chi connectivity index (χ2v) is 4.56. The fourth-order valence-corrected chi connectivity index (χ4v) is 2.06. The molecule has 0 spiro atoms. The lowest BCUT2D eigenvalue weighted by Crippen LogP contribution is -2.27. The summed E-state index contributed by atoms with van der Waals surface area (Å²) in [5.41, 5.74) is 7.31. The van der Waals surface area contributed by atoms with Crippen molar-refractivity contribution in [2.45, 2.75) is 6.42 Å². The lowest BCUT2D eigenvalue weighted by Gasteiger charge is -2.11. The van der Waals surface area contributed by atoms with E-state index < -0.39 is 0 Å². The number of nitrogens with one attached hydrogen (secondary N) is 1. The molecule has 0 atom stereocenters. The summed E-state index contributed by atoms with van der Waals surface area (Å²) in [5, 5.41) is 2.76. The Morgan fingerprint density at radius 2 is 2.05 bits per heavy atom. The van der Waals surface area contributed by atoms with Crippen LogP contribution in [0, 0.1) is 5.82 Å². The van der Waals surface area contributed by atoms with Crippen LogP contribution in [-0.4, -0.2) is 19.6 Å². The lowest BCUT2D eigenvalue weighted by molar-refractivity contribution is 0.0952. The van der Waals surface area contributed by atoms with Gasteiger partial charge in [-0.25, -0.2) is 4.39 Å². The first-order valence-corrected chi connectivity index (χ1v) is 6.57. The average molecular weight is 288 g/mol. The van der Waals surface area contributed by atoms with Crippen molar-refractivity contribution in [2.75, 3.05) is 19.4 Å². The van der Waals surface area contributed by atoms with Gasteiger partial charge in [0, 0.05) is 12.2 Å². The normalized spacial score (nSPS) is 10.2. The van der Waals surface area contributed by atoms with Crippen LogP contribution in [0.5, 0.6) is 5.75 Å². The molecule has 0 aromatic heterocycles. The van der Waals surface area contributed by atoms with Gasteiger partial charge >= 0.3 is 0 Å². The zero-order valence-electron chi connectivity index (χ0n) is 11.7. The van der Waals surface area contributed by atoms with E-state index in [1.807, 2.05) is 6.07 Å². The molecule has 0 fully saturated rings. The van der Waals surface area contributed by atoms with Crippen molar-refractivity contribution in [1.82, 2.24) is 5.32 Å². The first-order chi connectivity index (χ1) is 10.1. The molecule has 1 amide bonds. The molecule has 0 aliphatic heterocycles. The Labute approximate surface area is 122 Å². The first kappa shape index (κ1) is 14.8. The number of carbonyl (C=O) groups excluding carboxylic acids is 1. The topological polar surface area (TPSA) is 64.3 Å². The molecule has 21 heavy (non-hydrogen) atoms. The van der Waals surface area contributed by atoms with E-state index in [-0.39, 0.29) is 11.7 Å². The summed E-state index contributed by atoms with van der Waals surface area (Å²) in [6.07, 6.45) is 0.540. The average Bonchev–Trinajstić information content (AvgIpc) is 2.46. The van der Waals surface area contributed by atoms with E-state index in [0.29, 0.717) is 30.0 Å². The minimum absolute atomic E-state index is 0.284. The summed E-state index contributed by atoms with van der Waals surface area (Å²) in [6.45, 7) is 0.389. The van der Waals surface area contributed by atoms with Gasteiger partial charge in [0.2, 0.25) is 0 Å². The summed E-state index contributed by atoms with van der Waals surface area (Å²) in [6, 6.07) is 11.3. The third-order valence-electron chi connectivity index (χ3n) is 3.09. The van der Waals surface area contributed by atoms with Crippen LogP contribution < -0.4 is 15.8 Å². The SMILES string of the molecule is COc1cccc(N)c1C(=O)NCCc1cccc(F)c1. The fourth-order valence-electron chi connectivity index (χ4n) is 2.06. The molecule has 2 aromatic rings. The Bertz CT molecular complexity index is 644. The number of rotatable bonds is 5. The maximum atomic E-state index is 13.0. The van der Waals surface area contributed by atoms with Crippen molar-refractivity contribution in [3.05, 3.63) is 59.4 Å². The molecule has 0 heterocycles. The summed E-state index contributed by atoms with van der Waals surface area (Å²) in [4.78, 5) is 12.2. The summed E-state index contributed by atoms with van der Waals surface area (Å²) in [7, 11) is 1.48. The molecule has 0 aliphatic rings. The highest BCUT2D eigenvalue weighted by Crippen LogP contribution is 2.23. The molecule has 0 bridgehead atoms. The number of hydrogen-bond acceptors (Lipinski definition) is 3. The molecule has 0 saturated carbocycles. The van der Waals surface area contributed by atoms with Crippen LogP contribution in [0.15, 0.2) is 42.5 Å². The quantitative estimate of drug-likeness (QED) is 0.830. The van der Waals surface area contributed by atoms with E-state index >= 15 is 0 Å². The smallest absolute Gasteiger partial charge is 0.257 e. The van der Waals surface area contributed by atoms with E-state index in [4.69, 9.17) is 10.5 Å². The van der Waals surface area contributed by atoms with Crippen molar-refractivity contribution < 1.29 is 13.9 Å². The fraction of sp³-hybridized carbons (Fsp3) is 0.188. The molecule has 0 radical (unpaired) electrons. The third kappa shape index (κ3) is 3.72. The van der Waals surface area contributed by atoms with E-state index in [1.54, 1.807) is 24.3 Å². The minimum atomic E-state index is -0.304. The highest BCUT2D eigenvalue weighted by atomic mass is 19.1. The van der Waals surface area contributed by atoms with Gasteiger partial charge < -0.3 is 15.8 Å². The Kier molecular flexibility index (Phi) is 4.77. The van der Waals surface area contributed by atoms with Crippen molar-refractivity contribution in [3.63, 3.8) is 0 Å². The number of ether oxygens (including phenoxy) is 1. The summed E-state index contributed by atoms with van der Waals surface area (Å²) in [5.74, 6) is -0.160. The molecule has 3 N–H and O–H groups in total. The maximum absolute atomic E-state index is 13.0. The standard InChI is InChI=1S/C16H17FN2O2/c1-21-14-7-3-6-13(18)15(14)16(20)19-9-8-11-4-2-5-12(17)10-11/h2-7,10H,8-9,18H2,1H3,(H,19,20). The van der Waals surface area contributed by atoms with Gasteiger partial charge in [0.25, 0.3) is 5.91 Å². The number of carbonyl (C=O) groups is 1. The number of nitrogen functional groups attached to an aromatic ring is 1. The predicted molar refractivity (Wildman–Crippen MR) is 79.8 cm³/mol. The number of benzene rings is 2. The monoisotopic (exact) mass is 288 g/mol. The Balaban J connectivity index is 1.99. The van der Waals surface area contributed by atoms with Gasteiger partial charge in [-0.3, -0.25) is 4.79 Å². The maximum Gasteiger partial charge on any atom is 0.257 e. The highest BCUT2D eigenvalue weighted by molar-refractivity contribution is 6.01. The highest BCUT2D eigenvalue weighted by Gasteiger charge is 2.15. The van der Waals surface area contributed by atoms with Crippen LogP contribution in [0.25, 0.3) is 0 Å². The molecule has 0 unspecified atom stereocenters. The molecular formula is C16H17FN2O2. The number of nitrogens with two attached hydrogens (primary N) is 1. The van der Waals surface area contributed by atoms with Crippen LogP contribution in [0.1, 0.15) is 15.9 Å². The Morgan fingerprint density at radius 3 is 2.76 bits per heavy atom. The third-order valence-corrected chi connectivity index (χ3v) is 3.09. The van der Waals surface area contributed by atoms with Gasteiger partial charge in [-0.1, -0.05) is 18.2 Å². The van der Waals surface area contributed by atoms with Crippen LogP contribution in [0.4, 0.5) is 10.1 Å². The molecular weight excluding hydrogens is 271 g/mol. The van der Waals surface area contributed by atoms with E-state index in [1.165, 1.54) is 19.2 Å². The summed E-state index contributed by atoms with van der Waals surface area (Å²) < 4.78 is 18.2. The van der Waals surface area contributed by atoms with Crippen molar-refractivity contribution in [2.24, 2.45) is 0 Å². The van der Waals surface area contributed by atoms with Crippen molar-refractivity contribution in [1.29, 1.82) is 0 Å². The lowest BCUT2D eigenvalue weighted by atomic mass is 10.1. The van der Waals surface area contributed by atoms with E-state index in [9.17, 15) is 9.18 Å². The number of hydrogen-bond donors (Lipinski definition) is 2. The predicted octanol–water partition coefficient (Wildman–Crippen LogP) is 2.39. The zero-order chi connectivity index (χ0) is 15.2. The molecule has 0 saturated heterocycles. The van der Waals surface area contributed by atoms with Gasteiger partial charge in [-0.05, 0) is 36.2 Å². The Morgan fingerprint density at radius 1 is 1.29 bits per heavy atom. The molecule has 2 aromatic carbocycles.